The lowest BCUT2D eigenvalue weighted by Crippen LogP contribution is -2.51. The zero-order valence-corrected chi connectivity index (χ0v) is 41.4. The molecule has 59 heavy (non-hydrogen) atoms. The molecule has 20 heteroatoms. The van der Waals surface area contributed by atoms with E-state index in [-0.39, 0.29) is 24.7 Å². The number of carboxylic acids is 1. The molecule has 1 aromatic heterocycles. The molecule has 0 saturated carbocycles. The summed E-state index contributed by atoms with van der Waals surface area (Å²) in [6, 6.07) is 2.31. The number of aliphatic carboxylic acids is 1. The van der Waals surface area contributed by atoms with E-state index in [1.54, 1.807) is 39.2 Å². The number of aliphatic hydroxyl groups is 1. The highest BCUT2D eigenvalue weighted by atomic mass is 35.6. The predicted octanol–water partition coefficient (Wildman–Crippen LogP) is 12.1. The highest BCUT2D eigenvalue weighted by Crippen LogP contribution is 2.38. The number of carbonyl (C=O) groups is 4. The number of ether oxygens (including phenoxy) is 4. The molecule has 12 nitrogen and oxygen atoms in total. The number of hydrogen-bond acceptors (Lipinski definition) is 12. The van der Waals surface area contributed by atoms with Crippen LogP contribution in [0.5, 0.6) is 0 Å². The molecule has 0 unspecified atom stereocenters. The third kappa shape index (κ3) is 21.1. The maximum atomic E-state index is 14.4. The highest BCUT2D eigenvalue weighted by molar-refractivity contribution is 7.09. The number of carbonyl (C=O) groups excluding carboxylic acids is 3. The number of allylic oxidation sites excluding steroid dienone is 1. The summed E-state index contributed by atoms with van der Waals surface area (Å²) in [6.07, 6.45) is 0.786. The normalized spacial score (nSPS) is 15.8. The van der Waals surface area contributed by atoms with Gasteiger partial charge in [0.25, 0.3) is 0 Å². The molecular weight excluding hydrogens is 931 g/mol. The molecule has 1 aromatic rings. The van der Waals surface area contributed by atoms with Crippen molar-refractivity contribution in [2.75, 3.05) is 13.2 Å². The number of thiazole rings is 1. The van der Waals surface area contributed by atoms with Gasteiger partial charge in [0, 0.05) is 10.8 Å². The maximum Gasteiger partial charge on any atom is 0.508 e. The molecule has 0 saturated heterocycles. The number of alkyl halides is 6. The van der Waals surface area contributed by atoms with Gasteiger partial charge in [-0.1, -0.05) is 130 Å². The van der Waals surface area contributed by atoms with E-state index in [0.717, 1.165) is 23.7 Å². The average Bonchev–Trinajstić information content (AvgIpc) is 3.60. The van der Waals surface area contributed by atoms with Crippen molar-refractivity contribution in [2.45, 2.75) is 145 Å². The van der Waals surface area contributed by atoms with Crippen LogP contribution in [-0.4, -0.2) is 86.7 Å². The summed E-state index contributed by atoms with van der Waals surface area (Å²) < 4.78 is 23.6. The summed E-state index contributed by atoms with van der Waals surface area (Å²) in [4.78, 5) is 55.4. The van der Waals surface area contributed by atoms with Crippen LogP contribution in [0.2, 0.25) is 18.1 Å². The number of Topliss-reactive ketones (excluding diaryl/α,β-unsaturated/α-hetero) is 1. The number of halogens is 6. The Kier molecular flexibility index (Phi) is 24.3. The van der Waals surface area contributed by atoms with Crippen molar-refractivity contribution in [2.24, 2.45) is 17.3 Å². The molecule has 0 fully saturated rings. The van der Waals surface area contributed by atoms with Gasteiger partial charge in [0.1, 0.15) is 36.7 Å². The zero-order chi connectivity index (χ0) is 45.4. The van der Waals surface area contributed by atoms with Crippen molar-refractivity contribution in [1.82, 2.24) is 4.98 Å². The molecule has 0 spiro atoms. The fraction of sp³-hybridized carbons (Fsp3) is 0.718. The molecule has 2 N–H and O–H groups in total. The Hall–Kier alpha value is -1.33. The monoisotopic (exact) mass is 987 g/mol. The number of hydrogen-bond donors (Lipinski definition) is 2. The first-order valence-electron chi connectivity index (χ1n) is 19.4. The minimum Gasteiger partial charge on any atom is -0.481 e. The SMILES string of the molecule is CC[Si](CC)(CC)O[C@@H](CC(=O)O)C(C)(C)C(=O)[C@H](C)[C@@H](OC(=O)OCC(Cl)(Cl)Cl)[C@@H](C)CCC/C(C)=C\C[C@H](O)/C(C)=C/c1csc(COC(=O)OCC(Cl)(Cl)Cl)n1. The summed E-state index contributed by atoms with van der Waals surface area (Å²) in [5.74, 6) is -2.61. The quantitative estimate of drug-likeness (QED) is 0.0412. The fourth-order valence-corrected chi connectivity index (χ4v) is 10.3. The number of nitrogens with zero attached hydrogens (tertiary/aromatic N) is 1. The van der Waals surface area contributed by atoms with Crippen LogP contribution in [-0.2, 0) is 39.6 Å². The van der Waals surface area contributed by atoms with Gasteiger partial charge < -0.3 is 33.6 Å². The number of carboxylic acid groups (broad SMARTS) is 1. The maximum absolute atomic E-state index is 14.4. The van der Waals surface area contributed by atoms with Crippen LogP contribution in [0.4, 0.5) is 9.59 Å². The summed E-state index contributed by atoms with van der Waals surface area (Å²) in [7, 11) is -2.33. The highest BCUT2D eigenvalue weighted by Gasteiger charge is 2.47. The van der Waals surface area contributed by atoms with E-state index >= 15 is 0 Å². The Morgan fingerprint density at radius 2 is 1.47 bits per heavy atom. The van der Waals surface area contributed by atoms with Crippen LogP contribution in [0.15, 0.2) is 22.6 Å². The van der Waals surface area contributed by atoms with Gasteiger partial charge >= 0.3 is 18.3 Å². The summed E-state index contributed by atoms with van der Waals surface area (Å²) >= 11 is 35.3. The zero-order valence-electron chi connectivity index (χ0n) is 35.1. The van der Waals surface area contributed by atoms with E-state index in [0.29, 0.717) is 42.0 Å². The number of aliphatic hydroxyl groups excluding tert-OH is 1. The van der Waals surface area contributed by atoms with Gasteiger partial charge in [-0.3, -0.25) is 9.59 Å². The lowest BCUT2D eigenvalue weighted by molar-refractivity contribution is -0.147. The number of rotatable bonds is 25. The largest absolute Gasteiger partial charge is 0.508 e. The first-order chi connectivity index (χ1) is 27.2. The van der Waals surface area contributed by atoms with Crippen LogP contribution in [0.1, 0.15) is 105 Å². The predicted molar refractivity (Wildman–Crippen MR) is 238 cm³/mol. The van der Waals surface area contributed by atoms with Gasteiger partial charge in [0.2, 0.25) is 7.59 Å². The summed E-state index contributed by atoms with van der Waals surface area (Å²) in [5, 5.41) is 23.0. The van der Waals surface area contributed by atoms with Gasteiger partial charge in [-0.2, -0.15) is 0 Å². The fourth-order valence-electron chi connectivity index (χ4n) is 6.35. The first-order valence-corrected chi connectivity index (χ1v) is 25.0. The van der Waals surface area contributed by atoms with Crippen LogP contribution in [0, 0.1) is 17.3 Å². The second kappa shape index (κ2) is 25.7. The van der Waals surface area contributed by atoms with Gasteiger partial charge in [0.05, 0.1) is 30.2 Å². The van der Waals surface area contributed by atoms with Crippen molar-refractivity contribution in [3.8, 4) is 0 Å². The minimum absolute atomic E-state index is 0.137. The van der Waals surface area contributed by atoms with Gasteiger partial charge in [0.15, 0.2) is 8.32 Å². The topological polar surface area (TPSA) is 168 Å². The van der Waals surface area contributed by atoms with Crippen LogP contribution in [0.25, 0.3) is 6.08 Å². The van der Waals surface area contributed by atoms with Crippen molar-refractivity contribution in [1.29, 1.82) is 0 Å². The Labute approximate surface area is 383 Å². The number of ketones is 1. The Morgan fingerprint density at radius 1 is 0.915 bits per heavy atom. The molecule has 338 valence electrons. The van der Waals surface area contributed by atoms with Crippen molar-refractivity contribution in [3.63, 3.8) is 0 Å². The van der Waals surface area contributed by atoms with Crippen LogP contribution in [0.3, 0.4) is 0 Å². The molecule has 5 atom stereocenters. The van der Waals surface area contributed by atoms with Gasteiger partial charge in [-0.15, -0.1) is 11.3 Å². The smallest absolute Gasteiger partial charge is 0.481 e. The van der Waals surface area contributed by atoms with E-state index in [2.05, 4.69) is 4.98 Å². The second-order valence-electron chi connectivity index (χ2n) is 15.2. The molecule has 0 aliphatic rings. The van der Waals surface area contributed by atoms with Gasteiger partial charge in [-0.05, 0) is 75.2 Å². The molecule has 1 heterocycles. The molecule has 0 bridgehead atoms. The minimum atomic E-state index is -2.33. The van der Waals surface area contributed by atoms with Crippen molar-refractivity contribution < 1.29 is 52.8 Å². The number of aromatic nitrogens is 1. The van der Waals surface area contributed by atoms with Crippen molar-refractivity contribution in [3.05, 3.63) is 33.3 Å². The molecule has 0 aliphatic carbocycles. The molecule has 0 radical (unpaired) electrons. The third-order valence-electron chi connectivity index (χ3n) is 10.2. The van der Waals surface area contributed by atoms with E-state index in [4.69, 9.17) is 93.0 Å². The van der Waals surface area contributed by atoms with Crippen LogP contribution < -0.4 is 0 Å². The van der Waals surface area contributed by atoms with E-state index in [9.17, 15) is 29.4 Å². The van der Waals surface area contributed by atoms with E-state index in [1.807, 2.05) is 40.7 Å². The van der Waals surface area contributed by atoms with Gasteiger partial charge in [-0.25, -0.2) is 14.6 Å². The first kappa shape index (κ1) is 55.7. The molecule has 1 rings (SSSR count). The lowest BCUT2D eigenvalue weighted by Gasteiger charge is -2.42. The van der Waals surface area contributed by atoms with E-state index in [1.165, 1.54) is 11.3 Å². The molecule has 0 aromatic carbocycles. The molecule has 0 aliphatic heterocycles. The summed E-state index contributed by atoms with van der Waals surface area (Å²) in [5.41, 5.74) is 1.04. The summed E-state index contributed by atoms with van der Waals surface area (Å²) in [6.45, 7) is 15.6. The van der Waals surface area contributed by atoms with Crippen LogP contribution >= 0.6 is 80.9 Å². The Balaban J connectivity index is 3.04. The Bertz CT molecular complexity index is 1570. The third-order valence-corrected chi connectivity index (χ3v) is 16.4. The average molecular weight is 991 g/mol. The second-order valence-corrected chi connectivity index (χ2v) is 25.9. The molecular formula is C39H59Cl6NO11SSi. The molecule has 0 amide bonds. The van der Waals surface area contributed by atoms with E-state index < -0.39 is 77.0 Å². The standard InChI is InChI=1S/C39H59Cl6NO11SSi/c1-10-59(11-2,12-3)57-30(19-32(48)49)37(8,9)34(50)27(7)33(56-36(52)55-23-39(43,44)45)25(5)15-13-14-24(4)16-17-29(47)26(6)18-28-21-58-31(46-28)20-53-35(51)54-22-38(40,41)42/h16,18,21,25,27,29-30,33,47H,10-15,17,19-20,22-23H2,1-9H3,(H,48,49)/b24-16-,26-18+/t25-,27+,29-,30-,33-/m0/s1. The lowest BCUT2D eigenvalue weighted by atomic mass is 9.73. The van der Waals surface area contributed by atoms with Crippen molar-refractivity contribution >= 4 is 119 Å². The Morgan fingerprint density at radius 3 is 2.00 bits per heavy atom.